The molecule has 1 aliphatic heterocycles. The van der Waals surface area contributed by atoms with Crippen molar-refractivity contribution in [3.63, 3.8) is 0 Å². The summed E-state index contributed by atoms with van der Waals surface area (Å²) in [4.78, 5) is 1.56. The highest BCUT2D eigenvalue weighted by molar-refractivity contribution is 5.27. The Balaban J connectivity index is 1.61. The lowest BCUT2D eigenvalue weighted by Crippen LogP contribution is -3.12. The van der Waals surface area contributed by atoms with Crippen LogP contribution in [0, 0.1) is 5.92 Å². The van der Waals surface area contributed by atoms with Crippen molar-refractivity contribution in [3.05, 3.63) is 77.1 Å². The Hall–Kier alpha value is -2.53. The summed E-state index contributed by atoms with van der Waals surface area (Å²) in [5, 5.41) is 12.8. The number of tetrazole rings is 1. The molecule has 3 aromatic rings. The lowest BCUT2D eigenvalue weighted by Gasteiger charge is -2.34. The van der Waals surface area contributed by atoms with Gasteiger partial charge in [-0.3, -0.25) is 0 Å². The van der Waals surface area contributed by atoms with Gasteiger partial charge in [0.05, 0.1) is 13.1 Å². The molecule has 0 fully saturated rings. The second kappa shape index (κ2) is 7.38. The van der Waals surface area contributed by atoms with E-state index in [1.807, 2.05) is 10.7 Å². The number of nitrogens with one attached hydrogen (secondary N) is 1. The van der Waals surface area contributed by atoms with Crippen LogP contribution in [0.4, 0.5) is 0 Å². The lowest BCUT2D eigenvalue weighted by atomic mass is 9.94. The molecule has 1 aromatic heterocycles. The molecule has 134 valence electrons. The van der Waals surface area contributed by atoms with Crippen LogP contribution in [0.3, 0.4) is 0 Å². The standard InChI is InChI=1S/C21H25N5/c1-16(2)20(25-13-12-18-10-6-7-11-19(18)15-25)21-22-23-24-26(21)14-17-8-4-3-5-9-17/h3-11,16,20H,12-15H2,1-2H3/p+1/t20-/m1/s1. The highest BCUT2D eigenvalue weighted by Gasteiger charge is 2.34. The van der Waals surface area contributed by atoms with Gasteiger partial charge in [0.15, 0.2) is 6.04 Å². The molecule has 1 aliphatic rings. The molecule has 0 aliphatic carbocycles. The fourth-order valence-electron chi connectivity index (χ4n) is 4.12. The van der Waals surface area contributed by atoms with Gasteiger partial charge in [-0.05, 0) is 21.6 Å². The minimum atomic E-state index is 0.294. The summed E-state index contributed by atoms with van der Waals surface area (Å²) in [5.74, 6) is 1.47. The van der Waals surface area contributed by atoms with Crippen molar-refractivity contribution in [2.45, 2.75) is 39.4 Å². The topological polar surface area (TPSA) is 48.0 Å². The first-order valence-corrected chi connectivity index (χ1v) is 9.43. The molecule has 0 saturated carbocycles. The molecule has 0 radical (unpaired) electrons. The third kappa shape index (κ3) is 3.40. The smallest absolute Gasteiger partial charge is 0.209 e. The van der Waals surface area contributed by atoms with E-state index in [1.54, 1.807) is 4.90 Å². The first-order valence-electron chi connectivity index (χ1n) is 9.43. The maximum absolute atomic E-state index is 4.45. The predicted octanol–water partition coefficient (Wildman–Crippen LogP) is 2.06. The Labute approximate surface area is 154 Å². The SMILES string of the molecule is CC(C)[C@H](c1nnnn1Cc1ccccc1)[NH+]1CCc2ccccc2C1. The van der Waals surface area contributed by atoms with E-state index < -0.39 is 0 Å². The molecule has 5 heteroatoms. The van der Waals surface area contributed by atoms with Crippen LogP contribution in [-0.2, 0) is 19.5 Å². The summed E-state index contributed by atoms with van der Waals surface area (Å²) >= 11 is 0. The van der Waals surface area contributed by atoms with Gasteiger partial charge in [0.25, 0.3) is 0 Å². The van der Waals surface area contributed by atoms with Crippen molar-refractivity contribution in [1.82, 2.24) is 20.2 Å². The van der Waals surface area contributed by atoms with Gasteiger partial charge in [0.2, 0.25) is 5.82 Å². The zero-order valence-electron chi connectivity index (χ0n) is 15.5. The van der Waals surface area contributed by atoms with E-state index in [0.29, 0.717) is 12.0 Å². The predicted molar refractivity (Wildman–Crippen MR) is 101 cm³/mol. The molecular formula is C21H26N5+. The van der Waals surface area contributed by atoms with Crippen LogP contribution in [0.25, 0.3) is 0 Å². The van der Waals surface area contributed by atoms with Gasteiger partial charge in [-0.1, -0.05) is 68.4 Å². The van der Waals surface area contributed by atoms with E-state index >= 15 is 0 Å². The van der Waals surface area contributed by atoms with Gasteiger partial charge >= 0.3 is 0 Å². The highest BCUT2D eigenvalue weighted by Crippen LogP contribution is 2.20. The van der Waals surface area contributed by atoms with Gasteiger partial charge in [0.1, 0.15) is 6.54 Å². The van der Waals surface area contributed by atoms with Gasteiger partial charge in [0, 0.05) is 17.9 Å². The minimum Gasteiger partial charge on any atom is -0.322 e. The zero-order chi connectivity index (χ0) is 17.9. The second-order valence-corrected chi connectivity index (χ2v) is 7.51. The first-order chi connectivity index (χ1) is 12.7. The molecule has 2 aromatic carbocycles. The number of benzene rings is 2. The van der Waals surface area contributed by atoms with Crippen LogP contribution in [0.5, 0.6) is 0 Å². The molecular weight excluding hydrogens is 322 g/mol. The Morgan fingerprint density at radius 1 is 1.00 bits per heavy atom. The van der Waals surface area contributed by atoms with Gasteiger partial charge in [-0.15, -0.1) is 5.10 Å². The monoisotopic (exact) mass is 348 g/mol. The molecule has 1 N–H and O–H groups in total. The normalized spacial score (nSPS) is 17.9. The van der Waals surface area contributed by atoms with Crippen LogP contribution in [0.2, 0.25) is 0 Å². The average molecular weight is 348 g/mol. The van der Waals surface area contributed by atoms with Crippen molar-refractivity contribution in [2.24, 2.45) is 5.92 Å². The fourth-order valence-corrected chi connectivity index (χ4v) is 4.12. The molecule has 0 saturated heterocycles. The zero-order valence-corrected chi connectivity index (χ0v) is 15.5. The van der Waals surface area contributed by atoms with Gasteiger partial charge in [-0.25, -0.2) is 4.68 Å². The Morgan fingerprint density at radius 2 is 1.73 bits per heavy atom. The van der Waals surface area contributed by atoms with Crippen LogP contribution < -0.4 is 4.90 Å². The highest BCUT2D eigenvalue weighted by atomic mass is 15.5. The van der Waals surface area contributed by atoms with Gasteiger partial charge in [-0.2, -0.15) is 0 Å². The number of aromatic nitrogens is 4. The maximum atomic E-state index is 4.45. The van der Waals surface area contributed by atoms with E-state index in [9.17, 15) is 0 Å². The molecule has 0 bridgehead atoms. The largest absolute Gasteiger partial charge is 0.322 e. The molecule has 0 spiro atoms. The third-order valence-corrected chi connectivity index (χ3v) is 5.37. The lowest BCUT2D eigenvalue weighted by molar-refractivity contribution is -0.951. The number of fused-ring (bicyclic) bond motifs is 1. The molecule has 4 rings (SSSR count). The summed E-state index contributed by atoms with van der Waals surface area (Å²) < 4.78 is 1.98. The van der Waals surface area contributed by atoms with E-state index in [-0.39, 0.29) is 0 Å². The van der Waals surface area contributed by atoms with Gasteiger partial charge < -0.3 is 4.90 Å². The average Bonchev–Trinajstić information content (AvgIpc) is 3.10. The molecule has 26 heavy (non-hydrogen) atoms. The Kier molecular flexibility index (Phi) is 4.80. The molecule has 0 amide bonds. The fraction of sp³-hybridized carbons (Fsp3) is 0.381. The quantitative estimate of drug-likeness (QED) is 0.768. The van der Waals surface area contributed by atoms with Crippen LogP contribution >= 0.6 is 0 Å². The van der Waals surface area contributed by atoms with Crippen LogP contribution in [0.1, 0.15) is 42.4 Å². The molecule has 1 unspecified atom stereocenters. The summed E-state index contributed by atoms with van der Waals surface area (Å²) in [6.07, 6.45) is 1.12. The van der Waals surface area contributed by atoms with Crippen molar-refractivity contribution in [3.8, 4) is 0 Å². The van der Waals surface area contributed by atoms with E-state index in [2.05, 4.69) is 77.9 Å². The summed E-state index contributed by atoms with van der Waals surface area (Å²) in [6, 6.07) is 19.5. The summed E-state index contributed by atoms with van der Waals surface area (Å²) in [6.45, 7) is 7.44. The Bertz CT molecular complexity index is 856. The number of quaternary nitrogens is 1. The minimum absolute atomic E-state index is 0.294. The third-order valence-electron chi connectivity index (χ3n) is 5.37. The van der Waals surface area contributed by atoms with Crippen molar-refractivity contribution in [1.29, 1.82) is 0 Å². The molecule has 5 nitrogen and oxygen atoms in total. The number of rotatable bonds is 5. The Morgan fingerprint density at radius 3 is 2.50 bits per heavy atom. The van der Waals surface area contributed by atoms with E-state index in [1.165, 1.54) is 16.7 Å². The van der Waals surface area contributed by atoms with Crippen molar-refractivity contribution < 1.29 is 4.90 Å². The molecule has 2 atom stereocenters. The van der Waals surface area contributed by atoms with E-state index in [4.69, 9.17) is 0 Å². The summed E-state index contributed by atoms with van der Waals surface area (Å²) in [5.41, 5.74) is 4.17. The van der Waals surface area contributed by atoms with Crippen LogP contribution in [-0.4, -0.2) is 26.8 Å². The molecule has 2 heterocycles. The van der Waals surface area contributed by atoms with Crippen LogP contribution in [0.15, 0.2) is 54.6 Å². The van der Waals surface area contributed by atoms with E-state index in [0.717, 1.165) is 31.9 Å². The number of hydrogen-bond donors (Lipinski definition) is 1. The van der Waals surface area contributed by atoms with Crippen molar-refractivity contribution in [2.75, 3.05) is 6.54 Å². The number of nitrogens with zero attached hydrogens (tertiary/aromatic N) is 4. The number of hydrogen-bond acceptors (Lipinski definition) is 3. The van der Waals surface area contributed by atoms with Crippen molar-refractivity contribution >= 4 is 0 Å². The first kappa shape index (κ1) is 16.9. The second-order valence-electron chi connectivity index (χ2n) is 7.51. The summed E-state index contributed by atoms with van der Waals surface area (Å²) in [7, 11) is 0. The maximum Gasteiger partial charge on any atom is 0.209 e.